The molecule has 146 valence electrons. The third kappa shape index (κ3) is 3.04. The molecule has 29 heavy (non-hydrogen) atoms. The van der Waals surface area contributed by atoms with E-state index in [4.69, 9.17) is 0 Å². The number of benzene rings is 2. The molecule has 4 rings (SSSR count). The molecule has 0 spiro atoms. The first kappa shape index (κ1) is 18.4. The van der Waals surface area contributed by atoms with Gasteiger partial charge in [0.15, 0.2) is 5.84 Å². The van der Waals surface area contributed by atoms with Gasteiger partial charge in [-0.15, -0.1) is 5.10 Å². The average Bonchev–Trinajstić information content (AvgIpc) is 3.17. The summed E-state index contributed by atoms with van der Waals surface area (Å²) in [7, 11) is 3.80. The molecule has 2 aliphatic heterocycles. The van der Waals surface area contributed by atoms with Gasteiger partial charge >= 0.3 is 5.97 Å². The van der Waals surface area contributed by atoms with E-state index in [2.05, 4.69) is 5.10 Å². The first-order valence-electron chi connectivity index (χ1n) is 8.92. The molecule has 0 radical (unpaired) electrons. The van der Waals surface area contributed by atoms with E-state index in [0.717, 1.165) is 10.6 Å². The van der Waals surface area contributed by atoms with Gasteiger partial charge in [0.1, 0.15) is 6.54 Å². The van der Waals surface area contributed by atoms with E-state index in [0.29, 0.717) is 11.3 Å². The number of hydrazone groups is 1. The van der Waals surface area contributed by atoms with Gasteiger partial charge in [-0.3, -0.25) is 19.3 Å². The van der Waals surface area contributed by atoms with Crippen molar-refractivity contribution >= 4 is 40.6 Å². The first-order chi connectivity index (χ1) is 13.9. The Morgan fingerprint density at radius 1 is 0.966 bits per heavy atom. The zero-order valence-electron chi connectivity index (χ0n) is 15.9. The van der Waals surface area contributed by atoms with Crippen LogP contribution < -0.4 is 9.91 Å². The lowest BCUT2D eigenvalue weighted by Crippen LogP contribution is -2.36. The highest BCUT2D eigenvalue weighted by atomic mass is 16.4. The zero-order chi connectivity index (χ0) is 20.7. The molecule has 2 aromatic rings. The van der Waals surface area contributed by atoms with Gasteiger partial charge in [-0.2, -0.15) is 5.01 Å². The minimum atomic E-state index is -1.18. The zero-order valence-corrected chi connectivity index (χ0v) is 15.9. The number of fused-ring (bicyclic) bond motifs is 1. The van der Waals surface area contributed by atoms with Gasteiger partial charge in [-0.05, 0) is 29.8 Å². The second-order valence-electron chi connectivity index (χ2n) is 6.85. The Balaban J connectivity index is 1.83. The maximum atomic E-state index is 13.1. The van der Waals surface area contributed by atoms with Gasteiger partial charge < -0.3 is 10.0 Å². The third-order valence-electron chi connectivity index (χ3n) is 4.76. The van der Waals surface area contributed by atoms with Crippen LogP contribution in [0.1, 0.15) is 5.56 Å². The molecule has 1 N–H and O–H groups in total. The highest BCUT2D eigenvalue weighted by Gasteiger charge is 2.47. The van der Waals surface area contributed by atoms with Crippen LogP contribution in [0.25, 0.3) is 5.57 Å². The largest absolute Gasteiger partial charge is 0.480 e. The number of nitrogens with zero attached hydrogens (tertiary/aromatic N) is 4. The smallest absolute Gasteiger partial charge is 0.323 e. The van der Waals surface area contributed by atoms with E-state index in [-0.39, 0.29) is 17.0 Å². The van der Waals surface area contributed by atoms with Crippen molar-refractivity contribution < 1.29 is 19.5 Å². The molecule has 2 aromatic carbocycles. The molecular weight excluding hydrogens is 372 g/mol. The van der Waals surface area contributed by atoms with Crippen LogP contribution >= 0.6 is 0 Å². The molecule has 0 fully saturated rings. The van der Waals surface area contributed by atoms with Crippen LogP contribution in [0.3, 0.4) is 0 Å². The minimum absolute atomic E-state index is 0.0675. The fourth-order valence-electron chi connectivity index (χ4n) is 3.36. The number of carboxylic acids is 1. The summed E-state index contributed by atoms with van der Waals surface area (Å²) in [6, 6.07) is 16.0. The predicted octanol–water partition coefficient (Wildman–Crippen LogP) is 1.79. The Kier molecular flexibility index (Phi) is 4.38. The Morgan fingerprint density at radius 3 is 2.21 bits per heavy atom. The van der Waals surface area contributed by atoms with Crippen molar-refractivity contribution in [1.29, 1.82) is 0 Å². The molecule has 0 bridgehead atoms. The molecule has 0 saturated carbocycles. The van der Waals surface area contributed by atoms with Crippen molar-refractivity contribution in [1.82, 2.24) is 4.90 Å². The van der Waals surface area contributed by atoms with E-state index < -0.39 is 24.3 Å². The molecule has 2 aliphatic rings. The Morgan fingerprint density at radius 2 is 1.62 bits per heavy atom. The van der Waals surface area contributed by atoms with Gasteiger partial charge in [-0.1, -0.05) is 30.3 Å². The molecule has 2 amide bonds. The number of amides is 2. The molecule has 0 unspecified atom stereocenters. The summed E-state index contributed by atoms with van der Waals surface area (Å²) in [6.45, 7) is -0.573. The molecule has 0 aliphatic carbocycles. The summed E-state index contributed by atoms with van der Waals surface area (Å²) in [5.41, 5.74) is 2.30. The first-order valence-corrected chi connectivity index (χ1v) is 8.92. The molecule has 8 heteroatoms. The Labute approximate surface area is 166 Å². The van der Waals surface area contributed by atoms with E-state index in [1.165, 1.54) is 5.01 Å². The lowest BCUT2D eigenvalue weighted by atomic mass is 10.0. The summed E-state index contributed by atoms with van der Waals surface area (Å²) in [5, 5.41) is 14.7. The summed E-state index contributed by atoms with van der Waals surface area (Å²) in [6.07, 6.45) is 0. The average molecular weight is 390 g/mol. The predicted molar refractivity (Wildman–Crippen MR) is 108 cm³/mol. The third-order valence-corrected chi connectivity index (χ3v) is 4.76. The van der Waals surface area contributed by atoms with Crippen molar-refractivity contribution in [3.63, 3.8) is 0 Å². The molecule has 0 atom stereocenters. The lowest BCUT2D eigenvalue weighted by Gasteiger charge is -2.16. The second kappa shape index (κ2) is 6.90. The summed E-state index contributed by atoms with van der Waals surface area (Å²) >= 11 is 0. The minimum Gasteiger partial charge on any atom is -0.480 e. The number of rotatable bonds is 5. The quantitative estimate of drug-likeness (QED) is 0.840. The SMILES string of the molecule is CN(C)c1ccc(C2=C3C(=O)N(c4ccccc4)N=C3N(CC(=O)O)C2=O)cc1. The van der Waals surface area contributed by atoms with Gasteiger partial charge in [0.05, 0.1) is 16.8 Å². The van der Waals surface area contributed by atoms with Crippen LogP contribution in [0.15, 0.2) is 65.3 Å². The maximum absolute atomic E-state index is 13.1. The van der Waals surface area contributed by atoms with Crippen molar-refractivity contribution in [2.45, 2.75) is 0 Å². The van der Waals surface area contributed by atoms with E-state index in [1.54, 1.807) is 36.4 Å². The lowest BCUT2D eigenvalue weighted by molar-refractivity contribution is -0.140. The number of amidine groups is 1. The van der Waals surface area contributed by atoms with E-state index in [1.807, 2.05) is 37.2 Å². The molecule has 0 saturated heterocycles. The number of aliphatic carboxylic acids is 1. The van der Waals surface area contributed by atoms with Gasteiger partial charge in [0, 0.05) is 19.8 Å². The number of carbonyl (C=O) groups is 3. The number of carboxylic acid groups (broad SMARTS) is 1. The topological polar surface area (TPSA) is 93.5 Å². The summed E-state index contributed by atoms with van der Waals surface area (Å²) in [5.74, 6) is -2.12. The van der Waals surface area contributed by atoms with Gasteiger partial charge in [-0.25, -0.2) is 0 Å². The fraction of sp³-hybridized carbons (Fsp3) is 0.143. The number of anilines is 2. The molecular formula is C21H18N4O4. The number of hydrogen-bond acceptors (Lipinski definition) is 5. The number of carbonyl (C=O) groups excluding carboxylic acids is 2. The molecule has 0 aromatic heterocycles. The second-order valence-corrected chi connectivity index (χ2v) is 6.85. The highest BCUT2D eigenvalue weighted by molar-refractivity contribution is 6.48. The van der Waals surface area contributed by atoms with Crippen LogP contribution in [0.2, 0.25) is 0 Å². The van der Waals surface area contributed by atoms with Crippen molar-refractivity contribution in [3.05, 3.63) is 65.7 Å². The van der Waals surface area contributed by atoms with Crippen LogP contribution in [-0.2, 0) is 14.4 Å². The van der Waals surface area contributed by atoms with Crippen LogP contribution in [0.4, 0.5) is 11.4 Å². The highest BCUT2D eigenvalue weighted by Crippen LogP contribution is 2.36. The van der Waals surface area contributed by atoms with E-state index in [9.17, 15) is 19.5 Å². The van der Waals surface area contributed by atoms with Crippen LogP contribution in [-0.4, -0.2) is 54.3 Å². The summed E-state index contributed by atoms with van der Waals surface area (Å²) < 4.78 is 0. The fourth-order valence-corrected chi connectivity index (χ4v) is 3.36. The van der Waals surface area contributed by atoms with Crippen molar-refractivity contribution in [2.24, 2.45) is 5.10 Å². The monoisotopic (exact) mass is 390 g/mol. The van der Waals surface area contributed by atoms with Gasteiger partial charge in [0.25, 0.3) is 11.8 Å². The normalized spacial score (nSPS) is 15.7. The van der Waals surface area contributed by atoms with E-state index >= 15 is 0 Å². The van der Waals surface area contributed by atoms with Crippen LogP contribution in [0.5, 0.6) is 0 Å². The number of hydrogen-bond donors (Lipinski definition) is 1. The molecule has 2 heterocycles. The Hall–Kier alpha value is -3.94. The maximum Gasteiger partial charge on any atom is 0.323 e. The number of para-hydroxylation sites is 1. The van der Waals surface area contributed by atoms with Crippen molar-refractivity contribution in [3.8, 4) is 0 Å². The van der Waals surface area contributed by atoms with Crippen molar-refractivity contribution in [2.75, 3.05) is 30.5 Å². The van der Waals surface area contributed by atoms with Gasteiger partial charge in [0.2, 0.25) is 0 Å². The Bertz CT molecular complexity index is 1070. The summed E-state index contributed by atoms with van der Waals surface area (Å²) in [4.78, 5) is 40.4. The standard InChI is InChI=1S/C21H18N4O4/c1-23(2)14-10-8-13(9-11-14)17-18-19(24(20(17)28)12-16(26)27)22-25(21(18)29)15-6-4-3-5-7-15/h3-11H,12H2,1-2H3,(H,26,27). The molecule has 8 nitrogen and oxygen atoms in total. The van der Waals surface area contributed by atoms with Crippen LogP contribution in [0, 0.1) is 0 Å².